The highest BCUT2D eigenvalue weighted by Crippen LogP contribution is 2.47. The summed E-state index contributed by atoms with van der Waals surface area (Å²) in [5, 5.41) is 8.18. The van der Waals surface area contributed by atoms with Crippen LogP contribution in [-0.4, -0.2) is 19.6 Å². The summed E-state index contributed by atoms with van der Waals surface area (Å²) >= 11 is 11.9. The number of hydrogen-bond acceptors (Lipinski definition) is 2. The quantitative estimate of drug-likeness (QED) is 0.879. The van der Waals surface area contributed by atoms with E-state index in [4.69, 9.17) is 23.2 Å². The third-order valence-corrected chi connectivity index (χ3v) is 4.70. The minimum Gasteiger partial charge on any atom is -0.316 e. The van der Waals surface area contributed by atoms with Crippen LogP contribution < -0.4 is 10.6 Å². The van der Waals surface area contributed by atoms with Crippen molar-refractivity contribution >= 4 is 23.2 Å². The minimum absolute atomic E-state index is 0.623. The maximum atomic E-state index is 5.98. The molecule has 92 valence electrons. The Morgan fingerprint density at radius 1 is 1.18 bits per heavy atom. The first-order valence-electron chi connectivity index (χ1n) is 6.11. The van der Waals surface area contributed by atoms with Gasteiger partial charge in [0.1, 0.15) is 0 Å². The van der Waals surface area contributed by atoms with E-state index in [1.807, 2.05) is 18.2 Å². The van der Waals surface area contributed by atoms with Gasteiger partial charge >= 0.3 is 0 Å². The molecule has 1 aromatic rings. The standard InChI is InChI=1S/C13H16Cl2N2/c14-12-2-1-8(3-13(12)15)4-16-5-9-10-6-17-7-11(9)10/h1-3,9-11,16-17H,4-7H2. The molecule has 0 aromatic heterocycles. The predicted octanol–water partition coefficient (Wildman–Crippen LogP) is 2.55. The molecule has 3 rings (SSSR count). The fraction of sp³-hybridized carbons (Fsp3) is 0.538. The lowest BCUT2D eigenvalue weighted by molar-refractivity contribution is 0.539. The smallest absolute Gasteiger partial charge is 0.0595 e. The van der Waals surface area contributed by atoms with E-state index in [1.165, 1.54) is 18.7 Å². The third-order valence-electron chi connectivity index (χ3n) is 3.96. The number of hydrogen-bond donors (Lipinski definition) is 2. The van der Waals surface area contributed by atoms with Crippen molar-refractivity contribution in [3.8, 4) is 0 Å². The average molecular weight is 271 g/mol. The van der Waals surface area contributed by atoms with Gasteiger partial charge in [-0.15, -0.1) is 0 Å². The van der Waals surface area contributed by atoms with Gasteiger partial charge in [-0.3, -0.25) is 0 Å². The van der Waals surface area contributed by atoms with Gasteiger partial charge in [0.25, 0.3) is 0 Å². The number of benzene rings is 1. The number of nitrogens with one attached hydrogen (secondary N) is 2. The van der Waals surface area contributed by atoms with Crippen LogP contribution in [0, 0.1) is 17.8 Å². The van der Waals surface area contributed by atoms with Crippen molar-refractivity contribution < 1.29 is 0 Å². The van der Waals surface area contributed by atoms with Crippen LogP contribution in [0.3, 0.4) is 0 Å². The number of halogens is 2. The Morgan fingerprint density at radius 3 is 2.65 bits per heavy atom. The van der Waals surface area contributed by atoms with E-state index >= 15 is 0 Å². The van der Waals surface area contributed by atoms with Crippen LogP contribution in [-0.2, 0) is 6.54 Å². The Bertz CT molecular complexity index is 412. The van der Waals surface area contributed by atoms with E-state index in [9.17, 15) is 0 Å². The van der Waals surface area contributed by atoms with Crippen molar-refractivity contribution in [2.45, 2.75) is 6.54 Å². The van der Waals surface area contributed by atoms with Crippen LogP contribution in [0.1, 0.15) is 5.56 Å². The molecule has 1 aliphatic carbocycles. The molecule has 0 spiro atoms. The second-order valence-electron chi connectivity index (χ2n) is 5.03. The molecule has 2 fully saturated rings. The average Bonchev–Trinajstić information content (AvgIpc) is 2.75. The maximum absolute atomic E-state index is 5.98. The summed E-state index contributed by atoms with van der Waals surface area (Å²) in [6.45, 7) is 4.42. The molecule has 2 N–H and O–H groups in total. The predicted molar refractivity (Wildman–Crippen MR) is 71.5 cm³/mol. The first-order valence-corrected chi connectivity index (χ1v) is 6.86. The molecule has 2 nitrogen and oxygen atoms in total. The maximum Gasteiger partial charge on any atom is 0.0595 e. The SMILES string of the molecule is Clc1ccc(CNCC2C3CNCC23)cc1Cl. The van der Waals surface area contributed by atoms with Gasteiger partial charge < -0.3 is 10.6 Å². The van der Waals surface area contributed by atoms with Crippen molar-refractivity contribution in [3.63, 3.8) is 0 Å². The molecule has 0 amide bonds. The van der Waals surface area contributed by atoms with Gasteiger partial charge in [0, 0.05) is 6.54 Å². The van der Waals surface area contributed by atoms with Crippen molar-refractivity contribution in [2.75, 3.05) is 19.6 Å². The van der Waals surface area contributed by atoms with Crippen LogP contribution in [0.25, 0.3) is 0 Å². The minimum atomic E-state index is 0.623. The largest absolute Gasteiger partial charge is 0.316 e. The number of rotatable bonds is 4. The highest BCUT2D eigenvalue weighted by molar-refractivity contribution is 6.42. The van der Waals surface area contributed by atoms with Gasteiger partial charge in [-0.1, -0.05) is 29.3 Å². The van der Waals surface area contributed by atoms with E-state index < -0.39 is 0 Å². The first-order chi connectivity index (χ1) is 8.25. The van der Waals surface area contributed by atoms with Crippen molar-refractivity contribution in [1.82, 2.24) is 10.6 Å². The summed E-state index contributed by atoms with van der Waals surface area (Å²) in [4.78, 5) is 0. The Balaban J connectivity index is 1.46. The molecule has 1 aromatic carbocycles. The second kappa shape index (κ2) is 4.77. The van der Waals surface area contributed by atoms with Crippen LogP contribution >= 0.6 is 23.2 Å². The molecule has 1 heterocycles. The monoisotopic (exact) mass is 270 g/mol. The lowest BCUT2D eigenvalue weighted by atomic mass is 10.2. The molecule has 1 saturated heterocycles. The van der Waals surface area contributed by atoms with Gasteiger partial charge in [-0.25, -0.2) is 0 Å². The normalized spacial score (nSPS) is 30.4. The van der Waals surface area contributed by atoms with Gasteiger partial charge in [0.05, 0.1) is 10.0 Å². The zero-order valence-corrected chi connectivity index (χ0v) is 11.1. The fourth-order valence-corrected chi connectivity index (χ4v) is 3.20. The summed E-state index contributed by atoms with van der Waals surface area (Å²) in [6.07, 6.45) is 0. The number of piperidine rings is 1. The molecule has 1 aliphatic heterocycles. The molecular weight excluding hydrogens is 255 g/mol. The summed E-state index contributed by atoms with van der Waals surface area (Å²) in [6, 6.07) is 5.82. The summed E-state index contributed by atoms with van der Waals surface area (Å²) in [5.74, 6) is 2.74. The Morgan fingerprint density at radius 2 is 1.94 bits per heavy atom. The lowest BCUT2D eigenvalue weighted by Crippen LogP contribution is -2.23. The molecule has 17 heavy (non-hydrogen) atoms. The van der Waals surface area contributed by atoms with Crippen molar-refractivity contribution in [3.05, 3.63) is 33.8 Å². The van der Waals surface area contributed by atoms with E-state index in [1.54, 1.807) is 0 Å². The van der Waals surface area contributed by atoms with E-state index in [2.05, 4.69) is 10.6 Å². The van der Waals surface area contributed by atoms with Crippen molar-refractivity contribution in [1.29, 1.82) is 0 Å². The van der Waals surface area contributed by atoms with Crippen LogP contribution in [0.2, 0.25) is 10.0 Å². The Hall–Kier alpha value is -0.280. The highest BCUT2D eigenvalue weighted by Gasteiger charge is 2.51. The molecular formula is C13H16Cl2N2. The zero-order valence-electron chi connectivity index (χ0n) is 9.55. The Labute approximate surface area is 112 Å². The third kappa shape index (κ3) is 2.45. The van der Waals surface area contributed by atoms with Gasteiger partial charge in [0.2, 0.25) is 0 Å². The van der Waals surface area contributed by atoms with Gasteiger partial charge in [-0.05, 0) is 55.1 Å². The summed E-state index contributed by atoms with van der Waals surface area (Å²) < 4.78 is 0. The van der Waals surface area contributed by atoms with Crippen LogP contribution in [0.5, 0.6) is 0 Å². The number of fused-ring (bicyclic) bond motifs is 1. The van der Waals surface area contributed by atoms with E-state index in [-0.39, 0.29) is 0 Å². The van der Waals surface area contributed by atoms with Gasteiger partial charge in [-0.2, -0.15) is 0 Å². The topological polar surface area (TPSA) is 24.1 Å². The second-order valence-corrected chi connectivity index (χ2v) is 5.84. The molecule has 4 heteroatoms. The molecule has 0 bridgehead atoms. The molecule has 2 unspecified atom stereocenters. The fourth-order valence-electron chi connectivity index (χ4n) is 2.88. The highest BCUT2D eigenvalue weighted by atomic mass is 35.5. The van der Waals surface area contributed by atoms with E-state index in [0.29, 0.717) is 10.0 Å². The van der Waals surface area contributed by atoms with Crippen LogP contribution in [0.15, 0.2) is 18.2 Å². The molecule has 1 saturated carbocycles. The lowest BCUT2D eigenvalue weighted by Gasteiger charge is -2.07. The summed E-state index contributed by atoms with van der Waals surface area (Å²) in [7, 11) is 0. The first kappa shape index (κ1) is 11.8. The Kier molecular flexibility index (Phi) is 3.31. The zero-order chi connectivity index (χ0) is 11.8. The molecule has 2 atom stereocenters. The van der Waals surface area contributed by atoms with Crippen LogP contribution in [0.4, 0.5) is 0 Å². The van der Waals surface area contributed by atoms with Gasteiger partial charge in [0.15, 0.2) is 0 Å². The molecule has 0 radical (unpaired) electrons. The van der Waals surface area contributed by atoms with E-state index in [0.717, 1.165) is 30.8 Å². The molecule has 2 aliphatic rings. The summed E-state index contributed by atoms with van der Waals surface area (Å²) in [5.41, 5.74) is 1.20. The van der Waals surface area contributed by atoms with Crippen molar-refractivity contribution in [2.24, 2.45) is 17.8 Å².